The highest BCUT2D eigenvalue weighted by Crippen LogP contribution is 2.46. The number of nitrogens with one attached hydrogen (secondary N) is 1. The van der Waals surface area contributed by atoms with E-state index in [0.29, 0.717) is 12.6 Å². The van der Waals surface area contributed by atoms with Gasteiger partial charge in [-0.25, -0.2) is 4.98 Å². The lowest BCUT2D eigenvalue weighted by Crippen LogP contribution is -2.52. The van der Waals surface area contributed by atoms with Crippen molar-refractivity contribution >= 4 is 16.5 Å². The molecule has 0 spiro atoms. The molecule has 1 fully saturated rings. The van der Waals surface area contributed by atoms with E-state index < -0.39 is 0 Å². The largest absolute Gasteiger partial charge is 0.487 e. The minimum atomic E-state index is -0.142. The summed E-state index contributed by atoms with van der Waals surface area (Å²) in [6, 6.07) is 6.74. The number of rotatable bonds is 3. The van der Waals surface area contributed by atoms with Gasteiger partial charge in [0.05, 0.1) is 28.0 Å². The molecule has 6 nitrogen and oxygen atoms in total. The smallest absolute Gasteiger partial charge is 0.186 e. The van der Waals surface area contributed by atoms with Crippen molar-refractivity contribution in [3.05, 3.63) is 36.3 Å². The molecule has 1 N–H and O–H groups in total. The van der Waals surface area contributed by atoms with E-state index in [4.69, 9.17) is 14.5 Å². The number of nitrogens with zero attached hydrogens (tertiary/aromatic N) is 3. The highest BCUT2D eigenvalue weighted by Gasteiger charge is 2.41. The zero-order chi connectivity index (χ0) is 21.1. The van der Waals surface area contributed by atoms with Gasteiger partial charge in [-0.2, -0.15) is 5.10 Å². The number of thiazole rings is 1. The summed E-state index contributed by atoms with van der Waals surface area (Å²) in [6.07, 6.45) is 5.69. The SMILES string of the molecule is CN(c1nc2c(s1)-c1ccc(-c3cn[nH]c3)cc1OC2)C1CC(C)(C)OC(C)(C)C1. The van der Waals surface area contributed by atoms with Gasteiger partial charge in [-0.3, -0.25) is 5.10 Å². The number of hydrogen-bond acceptors (Lipinski definition) is 6. The standard InChI is InChI=1S/C23H28N4O2S/c1-22(2)9-16(10-23(3,4)29-22)27(5)21-26-18-13-28-19-8-14(15-11-24-25-12-15)6-7-17(19)20(18)30-21/h6-8,11-12,16H,9-10,13H2,1-5H3,(H,24,25). The van der Waals surface area contributed by atoms with Crippen LogP contribution in [-0.2, 0) is 11.3 Å². The first kappa shape index (κ1) is 19.6. The normalized spacial score (nSPS) is 19.6. The average molecular weight is 425 g/mol. The number of benzene rings is 1. The summed E-state index contributed by atoms with van der Waals surface area (Å²) in [5.74, 6) is 0.910. The Bertz CT molecular complexity index is 1060. The Kier molecular flexibility index (Phi) is 4.45. The van der Waals surface area contributed by atoms with Crippen molar-refractivity contribution < 1.29 is 9.47 Å². The second-order valence-corrected chi connectivity index (χ2v) is 10.5. The third kappa shape index (κ3) is 3.50. The molecular formula is C23H28N4O2S. The maximum atomic E-state index is 6.28. The van der Waals surface area contributed by atoms with E-state index in [1.165, 1.54) is 4.88 Å². The summed E-state index contributed by atoms with van der Waals surface area (Å²) in [6.45, 7) is 9.24. The summed E-state index contributed by atoms with van der Waals surface area (Å²) in [5, 5.41) is 7.96. The monoisotopic (exact) mass is 424 g/mol. The number of anilines is 1. The number of aromatic nitrogens is 3. The lowest BCUT2D eigenvalue weighted by Gasteiger charge is -2.47. The highest BCUT2D eigenvalue weighted by molar-refractivity contribution is 7.19. The Balaban J connectivity index is 1.45. The predicted molar refractivity (Wildman–Crippen MR) is 120 cm³/mol. The first-order valence-electron chi connectivity index (χ1n) is 10.4. The Hall–Kier alpha value is -2.38. The van der Waals surface area contributed by atoms with E-state index >= 15 is 0 Å². The Morgan fingerprint density at radius 3 is 2.60 bits per heavy atom. The average Bonchev–Trinajstić information content (AvgIpc) is 3.34. The topological polar surface area (TPSA) is 63.3 Å². The first-order valence-corrected chi connectivity index (χ1v) is 11.2. The van der Waals surface area contributed by atoms with Gasteiger partial charge in [0.1, 0.15) is 12.4 Å². The molecule has 0 aliphatic carbocycles. The summed E-state index contributed by atoms with van der Waals surface area (Å²) in [5.41, 5.74) is 4.01. The molecular weight excluding hydrogens is 396 g/mol. The third-order valence-corrected chi connectivity index (χ3v) is 7.19. The fourth-order valence-electron chi connectivity index (χ4n) is 4.83. The summed E-state index contributed by atoms with van der Waals surface area (Å²) < 4.78 is 12.3. The number of H-pyrrole nitrogens is 1. The van der Waals surface area contributed by atoms with Crippen LogP contribution >= 0.6 is 11.3 Å². The van der Waals surface area contributed by atoms with Gasteiger partial charge in [0.15, 0.2) is 5.13 Å². The zero-order valence-electron chi connectivity index (χ0n) is 18.2. The van der Waals surface area contributed by atoms with Crippen molar-refractivity contribution in [1.29, 1.82) is 0 Å². The van der Waals surface area contributed by atoms with Gasteiger partial charge >= 0.3 is 0 Å². The van der Waals surface area contributed by atoms with Gasteiger partial charge in [0, 0.05) is 30.4 Å². The zero-order valence-corrected chi connectivity index (χ0v) is 19.0. The molecule has 2 aliphatic heterocycles. The molecule has 3 aromatic rings. The van der Waals surface area contributed by atoms with E-state index in [1.54, 1.807) is 11.3 Å². The number of aromatic amines is 1. The minimum Gasteiger partial charge on any atom is -0.487 e. The molecule has 7 heteroatoms. The molecule has 1 aromatic carbocycles. The van der Waals surface area contributed by atoms with Gasteiger partial charge in [0.2, 0.25) is 0 Å². The molecule has 0 radical (unpaired) electrons. The van der Waals surface area contributed by atoms with Gasteiger partial charge in [-0.05, 0) is 58.2 Å². The summed E-state index contributed by atoms with van der Waals surface area (Å²) in [7, 11) is 2.16. The maximum Gasteiger partial charge on any atom is 0.186 e. The fourth-order valence-corrected chi connectivity index (χ4v) is 5.96. The van der Waals surface area contributed by atoms with Crippen LogP contribution in [0.2, 0.25) is 0 Å². The summed E-state index contributed by atoms with van der Waals surface area (Å²) >= 11 is 1.76. The second kappa shape index (κ2) is 6.82. The maximum absolute atomic E-state index is 6.28. The molecule has 2 aliphatic rings. The molecule has 1 saturated heterocycles. The van der Waals surface area contributed by atoms with Crippen LogP contribution in [-0.4, -0.2) is 39.5 Å². The molecule has 0 atom stereocenters. The second-order valence-electron chi connectivity index (χ2n) is 9.55. The molecule has 0 bridgehead atoms. The van der Waals surface area contributed by atoms with Gasteiger partial charge in [-0.1, -0.05) is 17.4 Å². The van der Waals surface area contributed by atoms with Crippen LogP contribution in [0.5, 0.6) is 5.75 Å². The van der Waals surface area contributed by atoms with Crippen LogP contribution in [0.1, 0.15) is 46.2 Å². The molecule has 0 unspecified atom stereocenters. The van der Waals surface area contributed by atoms with Crippen molar-refractivity contribution in [3.8, 4) is 27.3 Å². The van der Waals surface area contributed by atoms with E-state index in [-0.39, 0.29) is 11.2 Å². The predicted octanol–water partition coefficient (Wildman–Crippen LogP) is 5.27. The quantitative estimate of drug-likeness (QED) is 0.621. The molecule has 4 heterocycles. The van der Waals surface area contributed by atoms with Gasteiger partial charge < -0.3 is 14.4 Å². The van der Waals surface area contributed by atoms with Gasteiger partial charge in [-0.15, -0.1) is 0 Å². The van der Waals surface area contributed by atoms with Crippen LogP contribution in [0.15, 0.2) is 30.6 Å². The molecule has 158 valence electrons. The highest BCUT2D eigenvalue weighted by atomic mass is 32.1. The van der Waals surface area contributed by atoms with Crippen molar-refractivity contribution in [1.82, 2.24) is 15.2 Å². The van der Waals surface area contributed by atoms with Crippen LogP contribution in [0, 0.1) is 0 Å². The Morgan fingerprint density at radius 1 is 1.13 bits per heavy atom. The van der Waals surface area contributed by atoms with Crippen molar-refractivity contribution in [2.75, 3.05) is 11.9 Å². The molecule has 2 aromatic heterocycles. The van der Waals surface area contributed by atoms with Crippen molar-refractivity contribution in [2.45, 2.75) is 64.4 Å². The van der Waals surface area contributed by atoms with E-state index in [0.717, 1.165) is 46.1 Å². The van der Waals surface area contributed by atoms with Crippen LogP contribution in [0.4, 0.5) is 5.13 Å². The minimum absolute atomic E-state index is 0.142. The number of ether oxygens (including phenoxy) is 2. The van der Waals surface area contributed by atoms with Crippen LogP contribution < -0.4 is 9.64 Å². The van der Waals surface area contributed by atoms with Crippen LogP contribution in [0.25, 0.3) is 21.6 Å². The summed E-state index contributed by atoms with van der Waals surface area (Å²) in [4.78, 5) is 8.51. The number of fused-ring (bicyclic) bond motifs is 3. The lowest BCUT2D eigenvalue weighted by atomic mass is 9.85. The van der Waals surface area contributed by atoms with Crippen molar-refractivity contribution in [2.24, 2.45) is 0 Å². The lowest BCUT2D eigenvalue weighted by molar-refractivity contribution is -0.160. The Labute approximate surface area is 181 Å². The molecule has 0 amide bonds. The number of hydrogen-bond donors (Lipinski definition) is 1. The Morgan fingerprint density at radius 2 is 1.90 bits per heavy atom. The van der Waals surface area contributed by atoms with E-state index in [9.17, 15) is 0 Å². The van der Waals surface area contributed by atoms with Gasteiger partial charge in [0.25, 0.3) is 0 Å². The molecule has 0 saturated carbocycles. The molecule has 5 rings (SSSR count). The first-order chi connectivity index (χ1) is 14.2. The van der Waals surface area contributed by atoms with E-state index in [1.807, 2.05) is 12.4 Å². The van der Waals surface area contributed by atoms with Crippen LogP contribution in [0.3, 0.4) is 0 Å². The van der Waals surface area contributed by atoms with E-state index in [2.05, 4.69) is 68.0 Å². The fraction of sp³-hybridized carbons (Fsp3) is 0.478. The van der Waals surface area contributed by atoms with Crippen molar-refractivity contribution in [3.63, 3.8) is 0 Å². The third-order valence-electron chi connectivity index (χ3n) is 5.96. The molecule has 30 heavy (non-hydrogen) atoms.